The number of nitrogen functional groups attached to an aromatic ring is 1. The van der Waals surface area contributed by atoms with Crippen LogP contribution in [0.25, 0.3) is 10.9 Å². The lowest BCUT2D eigenvalue weighted by Crippen LogP contribution is -2.14. The van der Waals surface area contributed by atoms with Crippen LogP contribution in [-0.2, 0) is 4.79 Å². The van der Waals surface area contributed by atoms with E-state index < -0.39 is 17.3 Å². The summed E-state index contributed by atoms with van der Waals surface area (Å²) in [7, 11) is 0. The Kier molecular flexibility index (Phi) is 2.47. The predicted molar refractivity (Wildman–Crippen MR) is 62.0 cm³/mol. The first-order chi connectivity index (χ1) is 7.99. The molecule has 0 spiro atoms. The highest BCUT2D eigenvalue weighted by molar-refractivity contribution is 5.89. The van der Waals surface area contributed by atoms with Crippen LogP contribution in [0.3, 0.4) is 0 Å². The van der Waals surface area contributed by atoms with E-state index in [1.165, 1.54) is 12.1 Å². The number of aromatic nitrogens is 1. The van der Waals surface area contributed by atoms with Crippen LogP contribution in [-0.4, -0.2) is 16.1 Å². The summed E-state index contributed by atoms with van der Waals surface area (Å²) in [6.07, 6.45) is 0. The molecule has 0 unspecified atom stereocenters. The van der Waals surface area contributed by atoms with Crippen molar-refractivity contribution < 1.29 is 14.6 Å². The van der Waals surface area contributed by atoms with Gasteiger partial charge in [-0.3, -0.25) is 9.59 Å². The van der Waals surface area contributed by atoms with Crippen molar-refractivity contribution in [2.75, 3.05) is 5.73 Å². The summed E-state index contributed by atoms with van der Waals surface area (Å²) in [6.45, 7) is 1.14. The number of nitrogens with one attached hydrogen (secondary N) is 1. The summed E-state index contributed by atoms with van der Waals surface area (Å²) < 4.78 is 4.65. The maximum Gasteiger partial charge on any atom is 0.308 e. The molecule has 2 aromatic rings. The van der Waals surface area contributed by atoms with Gasteiger partial charge in [-0.15, -0.1) is 0 Å². The third-order valence-corrected chi connectivity index (χ3v) is 2.21. The van der Waals surface area contributed by atoms with Crippen LogP contribution in [0.15, 0.2) is 23.0 Å². The predicted octanol–water partition coefficient (Wildman–Crippen LogP) is 0.741. The Hall–Kier alpha value is -2.50. The molecule has 6 nitrogen and oxygen atoms in total. The molecule has 0 saturated carbocycles. The molecule has 0 bridgehead atoms. The quantitative estimate of drug-likeness (QED) is 0.498. The number of hydrogen-bond acceptors (Lipinski definition) is 5. The maximum atomic E-state index is 11.6. The van der Waals surface area contributed by atoms with Gasteiger partial charge in [0.1, 0.15) is 0 Å². The van der Waals surface area contributed by atoms with Crippen molar-refractivity contribution in [1.82, 2.24) is 4.98 Å². The summed E-state index contributed by atoms with van der Waals surface area (Å²) in [4.78, 5) is 24.8. The lowest BCUT2D eigenvalue weighted by atomic mass is 10.2. The number of H-pyrrole nitrogens is 1. The van der Waals surface area contributed by atoms with Crippen molar-refractivity contribution in [3.63, 3.8) is 0 Å². The minimum Gasteiger partial charge on any atom is -0.504 e. The van der Waals surface area contributed by atoms with E-state index >= 15 is 0 Å². The van der Waals surface area contributed by atoms with Gasteiger partial charge in [-0.2, -0.15) is 0 Å². The van der Waals surface area contributed by atoms with Crippen LogP contribution in [0.4, 0.5) is 5.69 Å². The SMILES string of the molecule is CC(=O)Oc1c(O)c2ccc(N)cc2[nH]c1=O. The number of aromatic amines is 1. The Morgan fingerprint density at radius 3 is 2.82 bits per heavy atom. The minimum absolute atomic E-state index is 0.357. The van der Waals surface area contributed by atoms with Crippen molar-refractivity contribution >= 4 is 22.6 Å². The van der Waals surface area contributed by atoms with Gasteiger partial charge in [-0.1, -0.05) is 0 Å². The smallest absolute Gasteiger partial charge is 0.308 e. The average molecular weight is 234 g/mol. The van der Waals surface area contributed by atoms with E-state index in [9.17, 15) is 14.7 Å². The molecule has 88 valence electrons. The number of pyridine rings is 1. The summed E-state index contributed by atoms with van der Waals surface area (Å²) in [5, 5.41) is 10.2. The summed E-state index contributed by atoms with van der Waals surface area (Å²) in [5.74, 6) is -1.46. The van der Waals surface area contributed by atoms with Gasteiger partial charge in [0.05, 0.1) is 5.52 Å². The van der Waals surface area contributed by atoms with Crippen LogP contribution in [0, 0.1) is 0 Å². The van der Waals surface area contributed by atoms with E-state index in [-0.39, 0.29) is 5.75 Å². The molecule has 0 aliphatic heterocycles. The topological polar surface area (TPSA) is 105 Å². The van der Waals surface area contributed by atoms with Crippen molar-refractivity contribution in [1.29, 1.82) is 0 Å². The van der Waals surface area contributed by atoms with E-state index in [0.29, 0.717) is 16.6 Å². The lowest BCUT2D eigenvalue weighted by molar-refractivity contribution is -0.132. The molecule has 17 heavy (non-hydrogen) atoms. The molecule has 0 aliphatic rings. The zero-order chi connectivity index (χ0) is 12.6. The molecule has 0 saturated heterocycles. The number of carbonyl (C=O) groups excluding carboxylic acids is 1. The van der Waals surface area contributed by atoms with Crippen molar-refractivity contribution in [3.8, 4) is 11.5 Å². The summed E-state index contributed by atoms with van der Waals surface area (Å²) in [5.41, 5.74) is 5.70. The second kappa shape index (κ2) is 3.82. The first kappa shape index (κ1) is 11.0. The Morgan fingerprint density at radius 2 is 2.18 bits per heavy atom. The van der Waals surface area contributed by atoms with Gasteiger partial charge in [0.2, 0.25) is 5.75 Å². The first-order valence-electron chi connectivity index (χ1n) is 4.82. The van der Waals surface area contributed by atoms with Gasteiger partial charge in [-0.05, 0) is 18.2 Å². The molecule has 1 aromatic carbocycles. The molecule has 1 aromatic heterocycles. The normalized spacial score (nSPS) is 10.4. The number of hydrogen-bond donors (Lipinski definition) is 3. The van der Waals surface area contributed by atoms with Crippen LogP contribution < -0.4 is 16.0 Å². The van der Waals surface area contributed by atoms with E-state index in [1.54, 1.807) is 6.07 Å². The number of esters is 1. The van der Waals surface area contributed by atoms with Gasteiger partial charge in [0.15, 0.2) is 5.75 Å². The summed E-state index contributed by atoms with van der Waals surface area (Å²) in [6, 6.07) is 4.61. The van der Waals surface area contributed by atoms with Crippen LogP contribution in [0.1, 0.15) is 6.92 Å². The number of fused-ring (bicyclic) bond motifs is 1. The summed E-state index contributed by atoms with van der Waals surface area (Å²) >= 11 is 0. The third-order valence-electron chi connectivity index (χ3n) is 2.21. The molecule has 0 radical (unpaired) electrons. The number of ether oxygens (including phenoxy) is 1. The van der Waals surface area contributed by atoms with E-state index in [1.807, 2.05) is 0 Å². The zero-order valence-corrected chi connectivity index (χ0v) is 8.98. The number of benzene rings is 1. The molecular formula is C11H10N2O4. The van der Waals surface area contributed by atoms with Crippen LogP contribution in [0.5, 0.6) is 11.5 Å². The number of carbonyl (C=O) groups is 1. The second-order valence-corrected chi connectivity index (χ2v) is 3.53. The monoisotopic (exact) mass is 234 g/mol. The molecule has 0 atom stereocenters. The Labute approximate surface area is 95.6 Å². The highest BCUT2D eigenvalue weighted by Gasteiger charge is 2.14. The van der Waals surface area contributed by atoms with Gasteiger partial charge in [-0.25, -0.2) is 0 Å². The van der Waals surface area contributed by atoms with Gasteiger partial charge < -0.3 is 20.6 Å². The third kappa shape index (κ3) is 1.92. The Morgan fingerprint density at radius 1 is 1.47 bits per heavy atom. The fourth-order valence-electron chi connectivity index (χ4n) is 1.52. The maximum absolute atomic E-state index is 11.6. The minimum atomic E-state index is -0.684. The second-order valence-electron chi connectivity index (χ2n) is 3.53. The number of rotatable bonds is 1. The number of nitrogens with two attached hydrogens (primary N) is 1. The molecule has 6 heteroatoms. The Bertz CT molecular complexity index is 660. The van der Waals surface area contributed by atoms with Crippen LogP contribution >= 0.6 is 0 Å². The molecular weight excluding hydrogens is 224 g/mol. The molecule has 0 fully saturated rings. The van der Waals surface area contributed by atoms with E-state index in [4.69, 9.17) is 5.73 Å². The molecule has 1 heterocycles. The largest absolute Gasteiger partial charge is 0.504 e. The standard InChI is InChI=1S/C11H10N2O4/c1-5(14)17-10-9(15)7-3-2-6(12)4-8(7)13-11(10)16/h2-4H,12H2,1H3,(H2,13,15,16). The highest BCUT2D eigenvalue weighted by Crippen LogP contribution is 2.30. The van der Waals surface area contributed by atoms with Gasteiger partial charge >= 0.3 is 5.97 Å². The zero-order valence-electron chi connectivity index (χ0n) is 8.98. The van der Waals surface area contributed by atoms with Crippen LogP contribution in [0.2, 0.25) is 0 Å². The number of anilines is 1. The van der Waals surface area contributed by atoms with Crippen molar-refractivity contribution in [3.05, 3.63) is 28.6 Å². The highest BCUT2D eigenvalue weighted by atomic mass is 16.5. The lowest BCUT2D eigenvalue weighted by Gasteiger charge is -2.06. The first-order valence-corrected chi connectivity index (χ1v) is 4.82. The molecule has 0 amide bonds. The van der Waals surface area contributed by atoms with Gasteiger partial charge in [0.25, 0.3) is 5.56 Å². The molecule has 4 N–H and O–H groups in total. The fraction of sp³-hybridized carbons (Fsp3) is 0.0909. The van der Waals surface area contributed by atoms with Gasteiger partial charge in [0, 0.05) is 18.0 Å². The van der Waals surface area contributed by atoms with E-state index in [2.05, 4.69) is 9.72 Å². The number of aromatic hydroxyl groups is 1. The molecule has 0 aliphatic carbocycles. The van der Waals surface area contributed by atoms with Crippen molar-refractivity contribution in [2.45, 2.75) is 6.92 Å². The molecule has 2 rings (SSSR count). The van der Waals surface area contributed by atoms with E-state index in [0.717, 1.165) is 6.92 Å². The average Bonchev–Trinajstić information content (AvgIpc) is 2.23. The fourth-order valence-corrected chi connectivity index (χ4v) is 1.52. The van der Waals surface area contributed by atoms with Crippen molar-refractivity contribution in [2.24, 2.45) is 0 Å². The Balaban J connectivity index is 2.76.